The zero-order valence-corrected chi connectivity index (χ0v) is 15.5. The lowest BCUT2D eigenvalue weighted by Crippen LogP contribution is -2.28. The van der Waals surface area contributed by atoms with E-state index in [0.717, 1.165) is 11.1 Å². The van der Waals surface area contributed by atoms with Crippen LogP contribution in [-0.2, 0) is 16.1 Å². The number of carbonyl (C=O) groups is 2. The summed E-state index contributed by atoms with van der Waals surface area (Å²) in [5, 5.41) is 11.0. The van der Waals surface area contributed by atoms with Crippen molar-refractivity contribution in [2.45, 2.75) is 26.4 Å². The van der Waals surface area contributed by atoms with Crippen molar-refractivity contribution >= 4 is 17.4 Å². The van der Waals surface area contributed by atoms with Crippen molar-refractivity contribution in [3.8, 4) is 0 Å². The summed E-state index contributed by atoms with van der Waals surface area (Å²) in [5.74, 6) is -0.721. The molecular formula is C22H19NO5. The van der Waals surface area contributed by atoms with Gasteiger partial charge in [0.05, 0.1) is 24.6 Å². The number of rotatable bonds is 4. The minimum Gasteiger partial charge on any atom is -0.507 e. The molecule has 1 aliphatic rings. The van der Waals surface area contributed by atoms with E-state index in [4.69, 9.17) is 8.83 Å². The van der Waals surface area contributed by atoms with Gasteiger partial charge in [0, 0.05) is 5.56 Å². The first-order valence-electron chi connectivity index (χ1n) is 8.89. The van der Waals surface area contributed by atoms with Gasteiger partial charge in [0.15, 0.2) is 0 Å². The fourth-order valence-electron chi connectivity index (χ4n) is 3.49. The molecule has 3 aromatic rings. The molecule has 0 bridgehead atoms. The van der Waals surface area contributed by atoms with Gasteiger partial charge in [-0.25, -0.2) is 0 Å². The fraction of sp³-hybridized carbons (Fsp3) is 0.182. The molecule has 0 aliphatic carbocycles. The number of carbonyl (C=O) groups excluding carboxylic acids is 2. The molecule has 1 saturated heterocycles. The summed E-state index contributed by atoms with van der Waals surface area (Å²) in [7, 11) is 0. The summed E-state index contributed by atoms with van der Waals surface area (Å²) >= 11 is 0. The predicted octanol–water partition coefficient (Wildman–Crippen LogP) is 4.11. The molecule has 0 spiro atoms. The van der Waals surface area contributed by atoms with Crippen LogP contribution in [0.25, 0.3) is 5.76 Å². The molecule has 2 aromatic heterocycles. The summed E-state index contributed by atoms with van der Waals surface area (Å²) in [6.07, 6.45) is 2.98. The van der Waals surface area contributed by atoms with Gasteiger partial charge in [0.1, 0.15) is 23.3 Å². The van der Waals surface area contributed by atoms with Gasteiger partial charge in [-0.1, -0.05) is 17.7 Å². The molecule has 6 heteroatoms. The number of likely N-dealkylation sites (tertiary alicyclic amines) is 1. The number of hydrogen-bond acceptors (Lipinski definition) is 5. The Bertz CT molecular complexity index is 1060. The molecule has 0 radical (unpaired) electrons. The highest BCUT2D eigenvalue weighted by atomic mass is 16.3. The number of aryl methyl sites for hydroxylation is 2. The molecule has 1 amide bonds. The summed E-state index contributed by atoms with van der Waals surface area (Å²) in [6, 6.07) is 11.6. The highest BCUT2D eigenvalue weighted by molar-refractivity contribution is 6.46. The molecule has 3 heterocycles. The van der Waals surface area contributed by atoms with Crippen molar-refractivity contribution in [2.24, 2.45) is 0 Å². The van der Waals surface area contributed by atoms with E-state index in [-0.39, 0.29) is 17.9 Å². The van der Waals surface area contributed by atoms with Crippen LogP contribution >= 0.6 is 0 Å². The topological polar surface area (TPSA) is 83.9 Å². The highest BCUT2D eigenvalue weighted by Crippen LogP contribution is 2.40. The Balaban J connectivity index is 1.88. The number of aliphatic hydroxyl groups excluding tert-OH is 1. The van der Waals surface area contributed by atoms with Crippen molar-refractivity contribution in [1.82, 2.24) is 4.90 Å². The maximum absolute atomic E-state index is 12.9. The van der Waals surface area contributed by atoms with Gasteiger partial charge in [0.25, 0.3) is 11.7 Å². The van der Waals surface area contributed by atoms with E-state index in [1.807, 2.05) is 26.0 Å². The molecule has 1 unspecified atom stereocenters. The van der Waals surface area contributed by atoms with Gasteiger partial charge >= 0.3 is 0 Å². The summed E-state index contributed by atoms with van der Waals surface area (Å²) in [6.45, 7) is 3.83. The molecule has 28 heavy (non-hydrogen) atoms. The third kappa shape index (κ3) is 2.93. The second-order valence-corrected chi connectivity index (χ2v) is 6.84. The molecule has 1 aliphatic heterocycles. The number of amides is 1. The Morgan fingerprint density at radius 1 is 1.07 bits per heavy atom. The molecule has 1 aromatic carbocycles. The van der Waals surface area contributed by atoms with Gasteiger partial charge < -0.3 is 18.8 Å². The van der Waals surface area contributed by atoms with Crippen LogP contribution in [0.1, 0.15) is 34.3 Å². The van der Waals surface area contributed by atoms with Gasteiger partial charge in [-0.05, 0) is 49.7 Å². The second-order valence-electron chi connectivity index (χ2n) is 6.84. The van der Waals surface area contributed by atoms with Crippen molar-refractivity contribution in [3.63, 3.8) is 0 Å². The number of ketones is 1. The number of furan rings is 2. The molecule has 4 rings (SSSR count). The SMILES string of the molecule is Cc1ccc(C)c(/C(O)=C2/C(=O)C(=O)N(Cc3ccco3)C2c2ccco2)c1. The number of Topliss-reactive ketones (excluding diaryl/α,β-unsaturated/α-hetero) is 1. The van der Waals surface area contributed by atoms with E-state index in [2.05, 4.69) is 0 Å². The summed E-state index contributed by atoms with van der Waals surface area (Å²) in [5.41, 5.74) is 2.28. The van der Waals surface area contributed by atoms with Crippen LogP contribution in [0, 0.1) is 13.8 Å². The van der Waals surface area contributed by atoms with Crippen LogP contribution in [0.3, 0.4) is 0 Å². The van der Waals surface area contributed by atoms with Crippen LogP contribution in [0.2, 0.25) is 0 Å². The predicted molar refractivity (Wildman–Crippen MR) is 101 cm³/mol. The molecule has 6 nitrogen and oxygen atoms in total. The summed E-state index contributed by atoms with van der Waals surface area (Å²) in [4.78, 5) is 27.0. The van der Waals surface area contributed by atoms with Crippen LogP contribution in [-0.4, -0.2) is 21.7 Å². The van der Waals surface area contributed by atoms with E-state index in [0.29, 0.717) is 17.1 Å². The third-order valence-electron chi connectivity index (χ3n) is 4.91. The zero-order valence-electron chi connectivity index (χ0n) is 15.5. The molecule has 1 fully saturated rings. The largest absolute Gasteiger partial charge is 0.507 e. The van der Waals surface area contributed by atoms with Gasteiger partial charge in [-0.2, -0.15) is 0 Å². The van der Waals surface area contributed by atoms with Crippen LogP contribution in [0.15, 0.2) is 69.4 Å². The van der Waals surface area contributed by atoms with Crippen LogP contribution < -0.4 is 0 Å². The van der Waals surface area contributed by atoms with Crippen molar-refractivity contribution in [2.75, 3.05) is 0 Å². The lowest BCUT2D eigenvalue weighted by molar-refractivity contribution is -0.140. The minimum atomic E-state index is -0.833. The van der Waals surface area contributed by atoms with Gasteiger partial charge in [0.2, 0.25) is 0 Å². The number of aliphatic hydroxyl groups is 1. The normalized spacial score (nSPS) is 18.8. The Morgan fingerprint density at radius 2 is 1.82 bits per heavy atom. The standard InChI is InChI=1S/C22H19NO5/c1-13-7-8-14(2)16(11-13)20(24)18-19(17-6-4-10-28-17)23(22(26)21(18)25)12-15-5-3-9-27-15/h3-11,19,24H,12H2,1-2H3/b20-18-. The average Bonchev–Trinajstić information content (AvgIpc) is 3.42. The smallest absolute Gasteiger partial charge is 0.296 e. The Kier molecular flexibility index (Phi) is 4.39. The molecule has 0 saturated carbocycles. The average molecular weight is 377 g/mol. The van der Waals surface area contributed by atoms with Crippen molar-refractivity contribution < 1.29 is 23.5 Å². The summed E-state index contributed by atoms with van der Waals surface area (Å²) < 4.78 is 10.9. The highest BCUT2D eigenvalue weighted by Gasteiger charge is 2.47. The first-order chi connectivity index (χ1) is 13.5. The van der Waals surface area contributed by atoms with Crippen LogP contribution in [0.4, 0.5) is 0 Å². The molecule has 142 valence electrons. The first-order valence-corrected chi connectivity index (χ1v) is 8.89. The van der Waals surface area contributed by atoms with E-state index in [1.165, 1.54) is 17.4 Å². The second kappa shape index (κ2) is 6.88. The Morgan fingerprint density at radius 3 is 2.50 bits per heavy atom. The third-order valence-corrected chi connectivity index (χ3v) is 4.91. The maximum atomic E-state index is 12.9. The molecule has 1 atom stereocenters. The minimum absolute atomic E-state index is 0.0141. The number of nitrogens with zero attached hydrogens (tertiary/aromatic N) is 1. The lowest BCUT2D eigenvalue weighted by Gasteiger charge is -2.22. The van der Waals surface area contributed by atoms with Crippen LogP contribution in [0.5, 0.6) is 0 Å². The number of benzene rings is 1. The van der Waals surface area contributed by atoms with Crippen molar-refractivity contribution in [1.29, 1.82) is 0 Å². The first kappa shape index (κ1) is 17.9. The monoisotopic (exact) mass is 377 g/mol. The van der Waals surface area contributed by atoms with Gasteiger partial charge in [-0.15, -0.1) is 0 Å². The van der Waals surface area contributed by atoms with E-state index < -0.39 is 17.7 Å². The Hall–Kier alpha value is -3.54. The number of hydrogen-bond donors (Lipinski definition) is 1. The van der Waals surface area contributed by atoms with Crippen molar-refractivity contribution in [3.05, 3.63) is 88.8 Å². The Labute approximate surface area is 161 Å². The van der Waals surface area contributed by atoms with E-state index in [9.17, 15) is 14.7 Å². The molecule has 1 N–H and O–H groups in total. The quantitative estimate of drug-likeness (QED) is 0.420. The maximum Gasteiger partial charge on any atom is 0.296 e. The molecular weight excluding hydrogens is 358 g/mol. The lowest BCUT2D eigenvalue weighted by atomic mass is 9.96. The van der Waals surface area contributed by atoms with E-state index >= 15 is 0 Å². The zero-order chi connectivity index (χ0) is 19.8. The van der Waals surface area contributed by atoms with Gasteiger partial charge in [-0.3, -0.25) is 9.59 Å². The van der Waals surface area contributed by atoms with E-state index in [1.54, 1.807) is 30.3 Å². The fourth-order valence-corrected chi connectivity index (χ4v) is 3.49.